The minimum atomic E-state index is -1.22. The molecule has 8 heteroatoms. The number of fused-ring (bicyclic) bond motifs is 2. The van der Waals surface area contributed by atoms with Crippen LogP contribution in [0.2, 0.25) is 0 Å². The number of hydrogen-bond donors (Lipinski definition) is 3. The van der Waals surface area contributed by atoms with Crippen molar-refractivity contribution in [2.45, 2.75) is 51.3 Å². The van der Waals surface area contributed by atoms with Crippen LogP contribution in [0.3, 0.4) is 0 Å². The summed E-state index contributed by atoms with van der Waals surface area (Å²) >= 11 is 0. The van der Waals surface area contributed by atoms with Crippen LogP contribution < -0.4 is 0 Å². The predicted molar refractivity (Wildman–Crippen MR) is 105 cm³/mol. The van der Waals surface area contributed by atoms with E-state index in [9.17, 15) is 24.9 Å². The van der Waals surface area contributed by atoms with Gasteiger partial charge in [0.05, 0.1) is 30.1 Å². The highest BCUT2D eigenvalue weighted by molar-refractivity contribution is 6.26. The molecule has 8 nitrogen and oxygen atoms in total. The van der Waals surface area contributed by atoms with Gasteiger partial charge in [-0.25, -0.2) is 0 Å². The molecular weight excluding hydrogens is 392 g/mol. The number of phenols is 1. The largest absolute Gasteiger partial charge is 0.507 e. The number of Topliss-reactive ketones (excluding diaryl/α,β-unsaturated/α-hetero) is 1. The first-order valence-corrected chi connectivity index (χ1v) is 9.97. The third-order valence-electron chi connectivity index (χ3n) is 5.60. The minimum Gasteiger partial charge on any atom is -0.507 e. The molecule has 160 valence electrons. The van der Waals surface area contributed by atoms with Crippen molar-refractivity contribution in [1.29, 1.82) is 0 Å². The van der Waals surface area contributed by atoms with E-state index in [1.807, 2.05) is 6.92 Å². The van der Waals surface area contributed by atoms with Crippen LogP contribution in [0.4, 0.5) is 0 Å². The van der Waals surface area contributed by atoms with Crippen molar-refractivity contribution in [2.24, 2.45) is 0 Å². The molecule has 1 aromatic carbocycles. The molecule has 30 heavy (non-hydrogen) atoms. The number of aliphatic hydroxyl groups excluding tert-OH is 2. The highest BCUT2D eigenvalue weighted by Gasteiger charge is 2.43. The molecule has 4 rings (SSSR count). The zero-order valence-corrected chi connectivity index (χ0v) is 16.8. The Bertz CT molecular complexity index is 948. The molecule has 1 fully saturated rings. The van der Waals surface area contributed by atoms with Crippen molar-refractivity contribution in [2.75, 3.05) is 13.2 Å². The zero-order valence-electron chi connectivity index (χ0n) is 16.8. The average molecular weight is 416 g/mol. The topological polar surface area (TPSA) is 123 Å². The van der Waals surface area contributed by atoms with Crippen LogP contribution in [0.1, 0.15) is 64.6 Å². The van der Waals surface area contributed by atoms with Gasteiger partial charge in [-0.2, -0.15) is 0 Å². The fourth-order valence-corrected chi connectivity index (χ4v) is 4.18. The Morgan fingerprint density at radius 2 is 1.73 bits per heavy atom. The van der Waals surface area contributed by atoms with Gasteiger partial charge in [0.2, 0.25) is 0 Å². The van der Waals surface area contributed by atoms with Gasteiger partial charge in [0.25, 0.3) is 0 Å². The first-order valence-electron chi connectivity index (χ1n) is 9.97. The summed E-state index contributed by atoms with van der Waals surface area (Å²) in [5.41, 5.74) is 1.07. The van der Waals surface area contributed by atoms with E-state index in [4.69, 9.17) is 14.2 Å². The lowest BCUT2D eigenvalue weighted by Crippen LogP contribution is -2.29. The van der Waals surface area contributed by atoms with Crippen LogP contribution in [-0.4, -0.2) is 58.6 Å². The highest BCUT2D eigenvalue weighted by Crippen LogP contribution is 2.45. The van der Waals surface area contributed by atoms with Gasteiger partial charge < -0.3 is 29.5 Å². The number of ether oxygens (including phenoxy) is 3. The SMILES string of the molecule is CCCC1OC(C)=Cc2cc3c(c(O)c21)C(=O)C(C1OC(CO)C(CO)O1)=CC3=O. The number of benzene rings is 1. The van der Waals surface area contributed by atoms with Crippen LogP contribution in [0, 0.1) is 0 Å². The van der Waals surface area contributed by atoms with E-state index in [0.29, 0.717) is 23.3 Å². The van der Waals surface area contributed by atoms with E-state index in [1.165, 1.54) is 0 Å². The lowest BCUT2D eigenvalue weighted by molar-refractivity contribution is -0.0458. The summed E-state index contributed by atoms with van der Waals surface area (Å²) in [4.78, 5) is 26.1. The summed E-state index contributed by atoms with van der Waals surface area (Å²) in [6.07, 6.45) is 1.03. The Hall–Kier alpha value is -2.52. The van der Waals surface area contributed by atoms with Crippen molar-refractivity contribution in [1.82, 2.24) is 0 Å². The van der Waals surface area contributed by atoms with E-state index < -0.39 is 49.4 Å². The van der Waals surface area contributed by atoms with Crippen molar-refractivity contribution in [3.05, 3.63) is 45.7 Å². The van der Waals surface area contributed by atoms with Crippen molar-refractivity contribution in [3.63, 3.8) is 0 Å². The van der Waals surface area contributed by atoms with E-state index in [-0.39, 0.29) is 22.4 Å². The Morgan fingerprint density at radius 1 is 1.07 bits per heavy atom. The van der Waals surface area contributed by atoms with Crippen LogP contribution in [0.15, 0.2) is 23.5 Å². The number of allylic oxidation sites excluding steroid dienone is 2. The van der Waals surface area contributed by atoms with Crippen LogP contribution in [-0.2, 0) is 14.2 Å². The molecule has 0 bridgehead atoms. The fourth-order valence-electron chi connectivity index (χ4n) is 4.18. The van der Waals surface area contributed by atoms with Crippen molar-refractivity contribution < 1.29 is 39.1 Å². The molecule has 3 aliphatic rings. The maximum Gasteiger partial charge on any atom is 0.198 e. The maximum atomic E-state index is 13.3. The summed E-state index contributed by atoms with van der Waals surface area (Å²) in [5, 5.41) is 29.8. The molecule has 1 aromatic rings. The second-order valence-corrected chi connectivity index (χ2v) is 7.64. The molecule has 2 aliphatic heterocycles. The normalized spacial score (nSPS) is 27.9. The Morgan fingerprint density at radius 3 is 2.33 bits per heavy atom. The number of aromatic hydroxyl groups is 1. The number of aliphatic hydroxyl groups is 2. The maximum absolute atomic E-state index is 13.3. The Kier molecular flexibility index (Phi) is 5.50. The molecule has 0 radical (unpaired) electrons. The van der Waals surface area contributed by atoms with Gasteiger partial charge in [0.1, 0.15) is 24.1 Å². The number of phenolic OH excluding ortho intramolecular Hbond substituents is 1. The third-order valence-corrected chi connectivity index (χ3v) is 5.60. The predicted octanol–water partition coefficient (Wildman–Crippen LogP) is 2.02. The quantitative estimate of drug-likeness (QED) is 0.666. The van der Waals surface area contributed by atoms with Gasteiger partial charge in [-0.15, -0.1) is 0 Å². The number of carbonyl (C=O) groups excluding carboxylic acids is 2. The smallest absolute Gasteiger partial charge is 0.198 e. The van der Waals surface area contributed by atoms with Gasteiger partial charge >= 0.3 is 0 Å². The second-order valence-electron chi connectivity index (χ2n) is 7.64. The number of rotatable bonds is 5. The molecule has 3 unspecified atom stereocenters. The molecular formula is C22H24O8. The third kappa shape index (κ3) is 3.26. The lowest BCUT2D eigenvalue weighted by Gasteiger charge is -2.29. The van der Waals surface area contributed by atoms with Gasteiger partial charge in [-0.3, -0.25) is 9.59 Å². The molecule has 0 spiro atoms. The molecule has 1 aliphatic carbocycles. The van der Waals surface area contributed by atoms with Crippen LogP contribution in [0.5, 0.6) is 5.75 Å². The van der Waals surface area contributed by atoms with Crippen LogP contribution >= 0.6 is 0 Å². The van der Waals surface area contributed by atoms with E-state index >= 15 is 0 Å². The molecule has 0 amide bonds. The first-order chi connectivity index (χ1) is 14.4. The van der Waals surface area contributed by atoms with Gasteiger partial charge in [0.15, 0.2) is 17.9 Å². The lowest BCUT2D eigenvalue weighted by atomic mass is 9.82. The molecule has 2 heterocycles. The fraction of sp³-hybridized carbons (Fsp3) is 0.455. The summed E-state index contributed by atoms with van der Waals surface area (Å²) in [7, 11) is 0. The van der Waals surface area contributed by atoms with E-state index in [1.54, 1.807) is 19.1 Å². The molecule has 0 saturated carbocycles. The molecule has 3 atom stereocenters. The summed E-state index contributed by atoms with van der Waals surface area (Å²) < 4.78 is 16.9. The molecule has 1 saturated heterocycles. The standard InChI is InChI=1S/C22H24O8/c1-3-4-15-18-11(5-10(2)28-15)6-12-14(25)7-13(20(26)19(12)21(18)27)22-29-16(8-23)17(9-24)30-22/h5-7,15-17,22-24,27H,3-4,8-9H2,1-2H3. The zero-order chi connectivity index (χ0) is 21.6. The van der Waals surface area contributed by atoms with Crippen LogP contribution in [0.25, 0.3) is 6.08 Å². The summed E-state index contributed by atoms with van der Waals surface area (Å²) in [5.74, 6) is -0.651. The monoisotopic (exact) mass is 416 g/mol. The first kappa shape index (κ1) is 20.7. The second kappa shape index (κ2) is 7.96. The van der Waals surface area contributed by atoms with Gasteiger partial charge in [-0.1, -0.05) is 13.3 Å². The van der Waals surface area contributed by atoms with E-state index in [0.717, 1.165) is 12.5 Å². The molecule has 0 aromatic heterocycles. The van der Waals surface area contributed by atoms with Gasteiger partial charge in [-0.05, 0) is 37.1 Å². The van der Waals surface area contributed by atoms with Crippen molar-refractivity contribution >= 4 is 17.6 Å². The Labute approximate surface area is 173 Å². The van der Waals surface area contributed by atoms with E-state index in [2.05, 4.69) is 0 Å². The average Bonchev–Trinajstić information content (AvgIpc) is 3.13. The number of ketones is 2. The summed E-state index contributed by atoms with van der Waals surface area (Å²) in [6.45, 7) is 2.98. The number of hydrogen-bond acceptors (Lipinski definition) is 8. The van der Waals surface area contributed by atoms with Crippen molar-refractivity contribution in [3.8, 4) is 5.75 Å². The minimum absolute atomic E-state index is 0.0763. The Balaban J connectivity index is 1.77. The highest BCUT2D eigenvalue weighted by atomic mass is 16.7. The summed E-state index contributed by atoms with van der Waals surface area (Å²) in [6, 6.07) is 1.61. The van der Waals surface area contributed by atoms with Gasteiger partial charge in [0, 0.05) is 11.1 Å². The number of carbonyl (C=O) groups is 2. The molecule has 3 N–H and O–H groups in total.